The lowest BCUT2D eigenvalue weighted by molar-refractivity contribution is -0.193. The number of hydrogen-bond donors (Lipinski definition) is 3. The average Bonchev–Trinajstić information content (AvgIpc) is 0.811. The van der Waals surface area contributed by atoms with Crippen molar-refractivity contribution in [3.05, 3.63) is 0 Å². The molecule has 4 heavy (non-hydrogen) atoms. The smallest absolute Gasteiger partial charge is 0.303 e. The Morgan fingerprint density at radius 1 is 1.50 bits per heavy atom. The Labute approximate surface area is 25.0 Å². The molecule has 0 aromatic rings. The van der Waals surface area contributed by atoms with Crippen molar-refractivity contribution in [1.29, 1.82) is 0 Å². The van der Waals surface area contributed by atoms with Gasteiger partial charge in [0.2, 0.25) is 0 Å². The first-order chi connectivity index (χ1) is 1.73. The summed E-state index contributed by atoms with van der Waals surface area (Å²) < 4.78 is 0. The lowest BCUT2D eigenvalue weighted by atomic mass is 13.9. The van der Waals surface area contributed by atoms with E-state index >= 15 is 0 Å². The van der Waals surface area contributed by atoms with Crippen molar-refractivity contribution in [3.63, 3.8) is 0 Å². The molecule has 3 nitrogen and oxygen atoms in total. The Hall–Kier alpha value is 0.310. The fraction of sp³-hybridized carbons (Fsp3) is 0. The molecule has 0 amide bonds. The van der Waals surface area contributed by atoms with Crippen LogP contribution in [0.2, 0.25) is 0 Å². The van der Waals surface area contributed by atoms with E-state index < -0.39 is 8.53 Å². The summed E-state index contributed by atoms with van der Waals surface area (Å²) in [7, 11) is -1.87. The number of quaternary nitrogens is 1. The summed E-state index contributed by atoms with van der Waals surface area (Å²) in [6, 6.07) is 0. The van der Waals surface area contributed by atoms with Gasteiger partial charge in [0.05, 0.1) is 0 Å². The molecule has 5 N–H and O–H groups in total. The van der Waals surface area contributed by atoms with Crippen LogP contribution in [0.4, 0.5) is 0 Å². The van der Waals surface area contributed by atoms with Gasteiger partial charge in [0.1, 0.15) is 0 Å². The zero-order valence-electron chi connectivity index (χ0n) is 2.05. The second kappa shape index (κ2) is 1.61. The fourth-order valence-electron chi connectivity index (χ4n) is 0. The van der Waals surface area contributed by atoms with Crippen molar-refractivity contribution in [3.8, 4) is 0 Å². The SMILES string of the molecule is [NH3+]P(O)O. The van der Waals surface area contributed by atoms with E-state index in [2.05, 4.69) is 5.50 Å². The molecule has 0 rings (SSSR count). The van der Waals surface area contributed by atoms with Gasteiger partial charge in [0.15, 0.2) is 0 Å². The summed E-state index contributed by atoms with van der Waals surface area (Å²) in [4.78, 5) is 15.1. The Morgan fingerprint density at radius 2 is 1.50 bits per heavy atom. The highest BCUT2D eigenvalue weighted by molar-refractivity contribution is 7.36. The van der Waals surface area contributed by atoms with E-state index in [0.29, 0.717) is 0 Å². The van der Waals surface area contributed by atoms with Crippen LogP contribution in [-0.4, -0.2) is 9.79 Å². The molecule has 0 radical (unpaired) electrons. The van der Waals surface area contributed by atoms with Crippen LogP contribution in [0.1, 0.15) is 0 Å². The highest BCUT2D eigenvalue weighted by Gasteiger charge is 1.82. The summed E-state index contributed by atoms with van der Waals surface area (Å²) >= 11 is 0. The van der Waals surface area contributed by atoms with Crippen LogP contribution >= 0.6 is 8.53 Å². The van der Waals surface area contributed by atoms with Gasteiger partial charge in [-0.3, -0.25) is 5.50 Å². The lowest BCUT2D eigenvalue weighted by Crippen LogP contribution is -2.39. The Balaban J connectivity index is 2.32. The van der Waals surface area contributed by atoms with Gasteiger partial charge in [-0.25, -0.2) is 0 Å². The van der Waals surface area contributed by atoms with Crippen LogP contribution in [0.25, 0.3) is 0 Å². The molecule has 0 aromatic heterocycles. The number of rotatable bonds is 0. The third kappa shape index (κ3) is 41.3. The van der Waals surface area contributed by atoms with E-state index in [-0.39, 0.29) is 0 Å². The van der Waals surface area contributed by atoms with Crippen LogP contribution in [0.5, 0.6) is 0 Å². The van der Waals surface area contributed by atoms with E-state index in [1.807, 2.05) is 0 Å². The zero-order chi connectivity index (χ0) is 3.58. The van der Waals surface area contributed by atoms with Gasteiger partial charge >= 0.3 is 8.53 Å². The predicted octanol–water partition coefficient (Wildman–Crippen LogP) is -1.56. The molecule has 0 aliphatic heterocycles. The summed E-state index contributed by atoms with van der Waals surface area (Å²) in [6.45, 7) is 0. The van der Waals surface area contributed by atoms with Crippen molar-refractivity contribution in [2.45, 2.75) is 0 Å². The van der Waals surface area contributed by atoms with E-state index in [9.17, 15) is 0 Å². The summed E-state index contributed by atoms with van der Waals surface area (Å²) in [5, 5.41) is 0. The van der Waals surface area contributed by atoms with Gasteiger partial charge in [-0.15, -0.1) is 0 Å². The molecule has 0 bridgehead atoms. The van der Waals surface area contributed by atoms with E-state index in [0.717, 1.165) is 0 Å². The second-order valence-electron chi connectivity index (χ2n) is 0.372. The van der Waals surface area contributed by atoms with Crippen LogP contribution in [0.3, 0.4) is 0 Å². The molecule has 0 atom stereocenters. The summed E-state index contributed by atoms with van der Waals surface area (Å²) in [5.41, 5.74) is 2.81. The van der Waals surface area contributed by atoms with Crippen LogP contribution in [-0.2, 0) is 0 Å². The molecule has 0 saturated carbocycles. The molecule has 0 saturated heterocycles. The first kappa shape index (κ1) is 4.31. The fourth-order valence-corrected chi connectivity index (χ4v) is 0. The minimum absolute atomic E-state index is 1.87. The monoisotopic (exact) mass is 82.0 g/mol. The van der Waals surface area contributed by atoms with Crippen molar-refractivity contribution < 1.29 is 15.3 Å². The molecule has 0 fully saturated rings. The highest BCUT2D eigenvalue weighted by atomic mass is 31.2. The topological polar surface area (TPSA) is 68.1 Å². The predicted molar refractivity (Wildman–Crippen MR) is 14.2 cm³/mol. The van der Waals surface area contributed by atoms with Crippen molar-refractivity contribution in [1.82, 2.24) is 0 Å². The molecular formula is H5NO2P+. The molecule has 0 spiro atoms. The molecule has 0 aromatic carbocycles. The van der Waals surface area contributed by atoms with Gasteiger partial charge in [0.25, 0.3) is 0 Å². The molecule has 26 valence electrons. The first-order valence-corrected chi connectivity index (χ1v) is 2.15. The van der Waals surface area contributed by atoms with Crippen molar-refractivity contribution >= 4 is 8.53 Å². The largest absolute Gasteiger partial charge is 0.408 e. The van der Waals surface area contributed by atoms with Gasteiger partial charge in [-0.05, 0) is 0 Å². The minimum Gasteiger partial charge on any atom is -0.303 e. The third-order valence-electron chi connectivity index (χ3n) is 0. The van der Waals surface area contributed by atoms with Crippen LogP contribution < -0.4 is 5.50 Å². The van der Waals surface area contributed by atoms with E-state index in [1.54, 1.807) is 0 Å². The second-order valence-corrected chi connectivity index (χ2v) is 1.12. The molecule has 0 unspecified atom stereocenters. The maximum Gasteiger partial charge on any atom is 0.408 e. The molecule has 4 heteroatoms. The Kier molecular flexibility index (Phi) is 1.74. The van der Waals surface area contributed by atoms with E-state index in [4.69, 9.17) is 9.79 Å². The maximum absolute atomic E-state index is 7.56. The van der Waals surface area contributed by atoms with Gasteiger partial charge < -0.3 is 9.79 Å². The Morgan fingerprint density at radius 3 is 1.50 bits per heavy atom. The molecular weight excluding hydrogens is 77.0 g/mol. The van der Waals surface area contributed by atoms with Crippen LogP contribution in [0.15, 0.2) is 0 Å². The van der Waals surface area contributed by atoms with Crippen molar-refractivity contribution in [2.24, 2.45) is 0 Å². The van der Waals surface area contributed by atoms with Crippen molar-refractivity contribution in [2.75, 3.05) is 0 Å². The molecule has 0 heterocycles. The minimum atomic E-state index is -1.87. The standard InChI is InChI=1S/H4NO2P/c1-4(2)3/h2-3H,1H2/p+1. The molecule has 0 aliphatic carbocycles. The third-order valence-corrected chi connectivity index (χ3v) is 0. The lowest BCUT2D eigenvalue weighted by Gasteiger charge is -1.71. The quantitative estimate of drug-likeness (QED) is 0.309. The van der Waals surface area contributed by atoms with E-state index in [1.165, 1.54) is 0 Å². The highest BCUT2D eigenvalue weighted by Crippen LogP contribution is 1.99. The summed E-state index contributed by atoms with van der Waals surface area (Å²) in [5.74, 6) is 0. The first-order valence-electron chi connectivity index (χ1n) is 0.716. The maximum atomic E-state index is 7.56. The van der Waals surface area contributed by atoms with Gasteiger partial charge in [-0.1, -0.05) is 0 Å². The summed E-state index contributed by atoms with van der Waals surface area (Å²) in [6.07, 6.45) is 0. The zero-order valence-corrected chi connectivity index (χ0v) is 2.94. The number of hydrogen-bond acceptors (Lipinski definition) is 2. The van der Waals surface area contributed by atoms with Crippen LogP contribution in [0, 0.1) is 0 Å². The Bertz CT molecular complexity index is 10.8. The molecule has 0 aliphatic rings. The average molecular weight is 82.0 g/mol. The van der Waals surface area contributed by atoms with Gasteiger partial charge in [0, 0.05) is 0 Å². The van der Waals surface area contributed by atoms with Gasteiger partial charge in [-0.2, -0.15) is 0 Å². The normalized spacial score (nSPS) is 9.00.